The molecule has 6 nitrogen and oxygen atoms in total. The van der Waals surface area contributed by atoms with Crippen LogP contribution < -0.4 is 11.2 Å². The van der Waals surface area contributed by atoms with Crippen LogP contribution in [0.5, 0.6) is 0 Å². The van der Waals surface area contributed by atoms with Crippen molar-refractivity contribution < 1.29 is 4.79 Å². The van der Waals surface area contributed by atoms with Crippen molar-refractivity contribution in [2.75, 3.05) is 13.1 Å². The van der Waals surface area contributed by atoms with Gasteiger partial charge in [0.15, 0.2) is 0 Å². The van der Waals surface area contributed by atoms with Gasteiger partial charge in [0.25, 0.3) is 11.5 Å². The van der Waals surface area contributed by atoms with Crippen LogP contribution in [-0.2, 0) is 6.54 Å². The quantitative estimate of drug-likeness (QED) is 0.909. The van der Waals surface area contributed by atoms with Gasteiger partial charge in [-0.1, -0.05) is 36.7 Å². The molecule has 1 aliphatic heterocycles. The van der Waals surface area contributed by atoms with Gasteiger partial charge in [0.2, 0.25) is 0 Å². The van der Waals surface area contributed by atoms with Crippen molar-refractivity contribution in [3.05, 3.63) is 67.4 Å². The van der Waals surface area contributed by atoms with E-state index >= 15 is 0 Å². The molecule has 1 aliphatic rings. The molecule has 2 aromatic rings. The monoisotopic (exact) mass is 361 g/mol. The molecule has 1 amide bonds. The number of aromatic nitrogens is 2. The van der Waals surface area contributed by atoms with Crippen LogP contribution in [0.25, 0.3) is 0 Å². The van der Waals surface area contributed by atoms with Gasteiger partial charge >= 0.3 is 5.69 Å². The Morgan fingerprint density at radius 2 is 2.08 bits per heavy atom. The number of hydrogen-bond acceptors (Lipinski definition) is 3. The number of rotatable bonds is 3. The highest BCUT2D eigenvalue weighted by molar-refractivity contribution is 6.31. The number of hydrogen-bond donors (Lipinski definition) is 1. The highest BCUT2D eigenvalue weighted by atomic mass is 35.5. The maximum atomic E-state index is 12.7. The van der Waals surface area contributed by atoms with Gasteiger partial charge in [-0.2, -0.15) is 0 Å². The van der Waals surface area contributed by atoms with Gasteiger partial charge in [0, 0.05) is 24.3 Å². The standard InChI is InChI=1S/C18H20ClN3O3/c1-12-5-4-8-21(10-12)16(23)14-9-20-18(25)22(17(14)24)11-13-6-2-3-7-15(13)19/h2-3,6-7,9,12H,4-5,8,10-11H2,1H3,(H,20,25). The number of halogens is 1. The van der Waals surface area contributed by atoms with E-state index in [1.165, 1.54) is 6.20 Å². The summed E-state index contributed by atoms with van der Waals surface area (Å²) in [6.07, 6.45) is 3.21. The zero-order chi connectivity index (χ0) is 18.0. The molecular formula is C18H20ClN3O3. The third-order valence-electron chi connectivity index (χ3n) is 4.52. The van der Waals surface area contributed by atoms with Crippen LogP contribution in [0.3, 0.4) is 0 Å². The number of nitrogens with zero attached hydrogens (tertiary/aromatic N) is 2. The maximum Gasteiger partial charge on any atom is 0.328 e. The lowest BCUT2D eigenvalue weighted by Crippen LogP contribution is -2.44. The molecule has 1 aromatic carbocycles. The van der Waals surface area contributed by atoms with Gasteiger partial charge in [-0.3, -0.25) is 14.2 Å². The van der Waals surface area contributed by atoms with E-state index in [4.69, 9.17) is 11.6 Å². The van der Waals surface area contributed by atoms with Crippen molar-refractivity contribution in [2.24, 2.45) is 5.92 Å². The van der Waals surface area contributed by atoms with Gasteiger partial charge in [-0.05, 0) is 30.4 Å². The minimum absolute atomic E-state index is 0.0132. The Hall–Kier alpha value is -2.34. The number of H-pyrrole nitrogens is 1. The summed E-state index contributed by atoms with van der Waals surface area (Å²) in [4.78, 5) is 41.7. The van der Waals surface area contributed by atoms with Crippen LogP contribution in [0.15, 0.2) is 40.1 Å². The van der Waals surface area contributed by atoms with Crippen LogP contribution >= 0.6 is 11.6 Å². The number of carbonyl (C=O) groups is 1. The van der Waals surface area contributed by atoms with Crippen molar-refractivity contribution in [2.45, 2.75) is 26.3 Å². The molecule has 132 valence electrons. The zero-order valence-electron chi connectivity index (χ0n) is 14.0. The third-order valence-corrected chi connectivity index (χ3v) is 4.89. The average Bonchev–Trinajstić information content (AvgIpc) is 2.59. The van der Waals surface area contributed by atoms with Gasteiger partial charge in [0.05, 0.1) is 6.54 Å². The van der Waals surface area contributed by atoms with E-state index in [1.54, 1.807) is 29.2 Å². The second-order valence-electron chi connectivity index (χ2n) is 6.49. The van der Waals surface area contributed by atoms with Crippen LogP contribution in [0.2, 0.25) is 5.02 Å². The van der Waals surface area contributed by atoms with Crippen molar-refractivity contribution in [3.8, 4) is 0 Å². The fraction of sp³-hybridized carbons (Fsp3) is 0.389. The normalized spacial score (nSPS) is 17.5. The molecule has 0 aliphatic carbocycles. The Balaban J connectivity index is 1.95. The highest BCUT2D eigenvalue weighted by Crippen LogP contribution is 2.17. The number of amides is 1. The van der Waals surface area contributed by atoms with E-state index < -0.39 is 11.2 Å². The molecule has 1 unspecified atom stereocenters. The second kappa shape index (κ2) is 7.27. The second-order valence-corrected chi connectivity index (χ2v) is 6.90. The first-order valence-corrected chi connectivity index (χ1v) is 8.70. The first-order chi connectivity index (χ1) is 12.0. The molecule has 1 N–H and O–H groups in total. The minimum Gasteiger partial charge on any atom is -0.338 e. The Labute approximate surface area is 150 Å². The van der Waals surface area contributed by atoms with Gasteiger partial charge in [-0.15, -0.1) is 0 Å². The van der Waals surface area contributed by atoms with Crippen LogP contribution in [0, 0.1) is 5.92 Å². The summed E-state index contributed by atoms with van der Waals surface area (Å²) in [7, 11) is 0. The minimum atomic E-state index is -0.591. The molecule has 3 rings (SSSR count). The molecule has 0 radical (unpaired) electrons. The summed E-state index contributed by atoms with van der Waals surface area (Å²) in [6, 6.07) is 7.00. The lowest BCUT2D eigenvalue weighted by molar-refractivity contribution is 0.0680. The molecule has 1 saturated heterocycles. The van der Waals surface area contributed by atoms with Crippen molar-refractivity contribution in [1.29, 1.82) is 0 Å². The van der Waals surface area contributed by atoms with Crippen LogP contribution in [0.1, 0.15) is 35.7 Å². The molecule has 2 heterocycles. The number of carbonyl (C=O) groups excluding carboxylic acids is 1. The Morgan fingerprint density at radius 3 is 2.80 bits per heavy atom. The summed E-state index contributed by atoms with van der Waals surface area (Å²) in [5.74, 6) is 0.0755. The molecule has 0 bridgehead atoms. The first-order valence-electron chi connectivity index (χ1n) is 8.32. The van der Waals surface area contributed by atoms with E-state index in [0.29, 0.717) is 29.6 Å². The Bertz CT molecular complexity index is 903. The topological polar surface area (TPSA) is 75.2 Å². The van der Waals surface area contributed by atoms with Gasteiger partial charge < -0.3 is 9.88 Å². The Morgan fingerprint density at radius 1 is 1.32 bits per heavy atom. The van der Waals surface area contributed by atoms with E-state index in [2.05, 4.69) is 11.9 Å². The molecule has 1 atom stereocenters. The molecule has 1 fully saturated rings. The smallest absolute Gasteiger partial charge is 0.328 e. The summed E-state index contributed by atoms with van der Waals surface area (Å²) in [5, 5.41) is 0.468. The number of aromatic amines is 1. The van der Waals surface area contributed by atoms with E-state index in [1.807, 2.05) is 0 Å². The molecule has 25 heavy (non-hydrogen) atoms. The number of piperidine rings is 1. The molecular weight excluding hydrogens is 342 g/mol. The first kappa shape index (κ1) is 17.5. The number of benzene rings is 1. The molecule has 0 saturated carbocycles. The van der Waals surface area contributed by atoms with Crippen molar-refractivity contribution in [3.63, 3.8) is 0 Å². The third kappa shape index (κ3) is 3.69. The number of nitrogens with one attached hydrogen (secondary N) is 1. The molecule has 0 spiro atoms. The summed E-state index contributed by atoms with van der Waals surface area (Å²) >= 11 is 6.12. The lowest BCUT2D eigenvalue weighted by Gasteiger charge is -2.30. The predicted octanol–water partition coefficient (Wildman–Crippen LogP) is 2.11. The van der Waals surface area contributed by atoms with Crippen molar-refractivity contribution in [1.82, 2.24) is 14.5 Å². The molecule has 1 aromatic heterocycles. The summed E-state index contributed by atoms with van der Waals surface area (Å²) in [6.45, 7) is 3.36. The Kier molecular flexibility index (Phi) is 5.08. The zero-order valence-corrected chi connectivity index (χ0v) is 14.8. The SMILES string of the molecule is CC1CCCN(C(=O)c2c[nH]c(=O)n(Cc3ccccc3Cl)c2=O)C1. The van der Waals surface area contributed by atoms with E-state index in [0.717, 1.165) is 17.4 Å². The van der Waals surface area contributed by atoms with Gasteiger partial charge in [0.1, 0.15) is 5.56 Å². The largest absolute Gasteiger partial charge is 0.338 e. The summed E-state index contributed by atoms with van der Waals surface area (Å²) < 4.78 is 1.02. The molecule has 7 heteroatoms. The lowest BCUT2D eigenvalue weighted by atomic mass is 10.00. The highest BCUT2D eigenvalue weighted by Gasteiger charge is 2.25. The van der Waals surface area contributed by atoms with Crippen LogP contribution in [0.4, 0.5) is 0 Å². The van der Waals surface area contributed by atoms with E-state index in [9.17, 15) is 14.4 Å². The number of likely N-dealkylation sites (tertiary alicyclic amines) is 1. The van der Waals surface area contributed by atoms with Crippen molar-refractivity contribution >= 4 is 17.5 Å². The van der Waals surface area contributed by atoms with Crippen LogP contribution in [-0.4, -0.2) is 33.4 Å². The fourth-order valence-corrected chi connectivity index (χ4v) is 3.34. The van der Waals surface area contributed by atoms with Gasteiger partial charge in [-0.25, -0.2) is 4.79 Å². The predicted molar refractivity (Wildman–Crippen MR) is 96.2 cm³/mol. The van der Waals surface area contributed by atoms with E-state index in [-0.39, 0.29) is 18.0 Å². The fourth-order valence-electron chi connectivity index (χ4n) is 3.15. The maximum absolute atomic E-state index is 12.7. The average molecular weight is 362 g/mol. The summed E-state index contributed by atoms with van der Waals surface area (Å²) in [5.41, 5.74) is -0.519.